The summed E-state index contributed by atoms with van der Waals surface area (Å²) < 4.78 is 0. The molecule has 1 saturated heterocycles. The number of piperazine rings is 1. The summed E-state index contributed by atoms with van der Waals surface area (Å²) in [5.41, 5.74) is 1.80. The number of likely N-dealkylation sites (N-methyl/N-ethyl adjacent to an activating group) is 1. The van der Waals surface area contributed by atoms with Crippen molar-refractivity contribution in [3.8, 4) is 6.07 Å². The van der Waals surface area contributed by atoms with Crippen LogP contribution in [0.2, 0.25) is 0 Å². The predicted octanol–water partition coefficient (Wildman–Crippen LogP) is 1.45. The highest BCUT2D eigenvalue weighted by Gasteiger charge is 2.29. The van der Waals surface area contributed by atoms with Gasteiger partial charge in [-0.15, -0.1) is 0 Å². The lowest BCUT2D eigenvalue weighted by molar-refractivity contribution is 0.154. The van der Waals surface area contributed by atoms with Crippen LogP contribution in [0, 0.1) is 11.3 Å². The molecule has 102 valence electrons. The van der Waals surface area contributed by atoms with Crippen LogP contribution in [-0.4, -0.2) is 48.8 Å². The summed E-state index contributed by atoms with van der Waals surface area (Å²) in [6.07, 6.45) is 0.789. The molecule has 2 rings (SSSR count). The summed E-state index contributed by atoms with van der Waals surface area (Å²) in [4.78, 5) is 4.65. The molecule has 2 unspecified atom stereocenters. The maximum absolute atomic E-state index is 9.15. The summed E-state index contributed by atoms with van der Waals surface area (Å²) in [7, 11) is 2.11. The smallest absolute Gasteiger partial charge is 0.0992 e. The highest BCUT2D eigenvalue weighted by molar-refractivity contribution is 5.52. The van der Waals surface area contributed by atoms with E-state index in [0.29, 0.717) is 17.6 Å². The summed E-state index contributed by atoms with van der Waals surface area (Å²) in [5.74, 6) is 0. The summed E-state index contributed by atoms with van der Waals surface area (Å²) >= 11 is 0. The van der Waals surface area contributed by atoms with Gasteiger partial charge >= 0.3 is 0 Å². The lowest BCUT2D eigenvalue weighted by atomic mass is 10.0. The molecule has 0 aliphatic carbocycles. The molecule has 0 saturated carbocycles. The van der Waals surface area contributed by atoms with E-state index in [1.807, 2.05) is 18.2 Å². The molecule has 1 fully saturated rings. The normalized spacial score (nSPS) is 24.2. The molecule has 0 aromatic heterocycles. The maximum Gasteiger partial charge on any atom is 0.0992 e. The minimum atomic E-state index is 0.218. The van der Waals surface area contributed by atoms with Gasteiger partial charge in [0.15, 0.2) is 0 Å². The van der Waals surface area contributed by atoms with Crippen LogP contribution < -0.4 is 4.90 Å². The molecule has 2 atom stereocenters. The maximum atomic E-state index is 9.15. The fourth-order valence-corrected chi connectivity index (χ4v) is 2.79. The van der Waals surface area contributed by atoms with Crippen LogP contribution in [0.1, 0.15) is 18.9 Å². The minimum absolute atomic E-state index is 0.218. The Hall–Kier alpha value is -1.57. The zero-order valence-corrected chi connectivity index (χ0v) is 11.6. The number of benzene rings is 1. The molecule has 1 aliphatic heterocycles. The van der Waals surface area contributed by atoms with Gasteiger partial charge in [-0.1, -0.05) is 6.07 Å². The molecule has 4 nitrogen and oxygen atoms in total. The molecule has 1 N–H and O–H groups in total. The van der Waals surface area contributed by atoms with Crippen LogP contribution in [0.4, 0.5) is 5.69 Å². The van der Waals surface area contributed by atoms with Crippen molar-refractivity contribution in [2.45, 2.75) is 25.4 Å². The van der Waals surface area contributed by atoms with Crippen molar-refractivity contribution in [3.63, 3.8) is 0 Å². The highest BCUT2D eigenvalue weighted by Crippen LogP contribution is 2.24. The van der Waals surface area contributed by atoms with Gasteiger partial charge in [0.25, 0.3) is 0 Å². The van der Waals surface area contributed by atoms with Crippen molar-refractivity contribution in [3.05, 3.63) is 29.8 Å². The molecule has 4 heteroatoms. The fraction of sp³-hybridized carbons (Fsp3) is 0.533. The van der Waals surface area contributed by atoms with E-state index in [1.54, 1.807) is 0 Å². The van der Waals surface area contributed by atoms with Gasteiger partial charge in [0.2, 0.25) is 0 Å². The Kier molecular flexibility index (Phi) is 4.41. The highest BCUT2D eigenvalue weighted by atomic mass is 16.3. The van der Waals surface area contributed by atoms with E-state index in [1.165, 1.54) is 0 Å². The number of rotatable bonds is 3. The summed E-state index contributed by atoms with van der Waals surface area (Å²) in [6, 6.07) is 10.7. The van der Waals surface area contributed by atoms with Crippen molar-refractivity contribution in [2.24, 2.45) is 0 Å². The first-order chi connectivity index (χ1) is 9.15. The number of nitrogens with zero attached hydrogens (tertiary/aromatic N) is 3. The van der Waals surface area contributed by atoms with Gasteiger partial charge in [-0.2, -0.15) is 5.26 Å². The predicted molar refractivity (Wildman–Crippen MR) is 76.1 cm³/mol. The fourth-order valence-electron chi connectivity index (χ4n) is 2.79. The Balaban J connectivity index is 2.20. The van der Waals surface area contributed by atoms with Crippen LogP contribution in [0.25, 0.3) is 0 Å². The third kappa shape index (κ3) is 3.06. The average Bonchev–Trinajstić information content (AvgIpc) is 2.42. The monoisotopic (exact) mass is 259 g/mol. The molecule has 1 aromatic carbocycles. The molecule has 0 radical (unpaired) electrons. The Labute approximate surface area is 114 Å². The van der Waals surface area contributed by atoms with Gasteiger partial charge in [-0.3, -0.25) is 4.90 Å². The van der Waals surface area contributed by atoms with Crippen molar-refractivity contribution in [2.75, 3.05) is 31.6 Å². The zero-order valence-electron chi connectivity index (χ0n) is 11.6. The Morgan fingerprint density at radius 2 is 2.21 bits per heavy atom. The number of hydrogen-bond donors (Lipinski definition) is 1. The lowest BCUT2D eigenvalue weighted by Crippen LogP contribution is -2.56. The van der Waals surface area contributed by atoms with Crippen molar-refractivity contribution in [1.29, 1.82) is 5.26 Å². The topological polar surface area (TPSA) is 50.5 Å². The third-order valence-corrected chi connectivity index (χ3v) is 3.88. The first kappa shape index (κ1) is 13.9. The molecule has 19 heavy (non-hydrogen) atoms. The second-order valence-electron chi connectivity index (χ2n) is 5.27. The van der Waals surface area contributed by atoms with E-state index in [-0.39, 0.29) is 6.61 Å². The number of anilines is 1. The molecule has 1 aromatic rings. The van der Waals surface area contributed by atoms with Crippen molar-refractivity contribution >= 4 is 5.69 Å². The van der Waals surface area contributed by atoms with Crippen molar-refractivity contribution < 1.29 is 5.11 Å². The van der Waals surface area contributed by atoms with E-state index in [0.717, 1.165) is 25.2 Å². The Morgan fingerprint density at radius 1 is 1.42 bits per heavy atom. The number of aliphatic hydroxyl groups excluding tert-OH is 1. The molecular formula is C15H21N3O. The van der Waals surface area contributed by atoms with Crippen LogP contribution in [0.5, 0.6) is 0 Å². The number of hydrogen-bond acceptors (Lipinski definition) is 4. The van der Waals surface area contributed by atoms with E-state index < -0.39 is 0 Å². The van der Waals surface area contributed by atoms with Gasteiger partial charge in [-0.05, 0) is 38.6 Å². The van der Waals surface area contributed by atoms with Gasteiger partial charge < -0.3 is 10.0 Å². The van der Waals surface area contributed by atoms with E-state index in [2.05, 4.69) is 35.9 Å². The Morgan fingerprint density at radius 3 is 2.89 bits per heavy atom. The molecule has 1 aliphatic rings. The molecule has 1 heterocycles. The van der Waals surface area contributed by atoms with Gasteiger partial charge in [-0.25, -0.2) is 0 Å². The lowest BCUT2D eigenvalue weighted by Gasteiger charge is -2.45. The van der Waals surface area contributed by atoms with Crippen LogP contribution in [0.3, 0.4) is 0 Å². The zero-order chi connectivity index (χ0) is 13.8. The number of aliphatic hydroxyl groups is 1. The first-order valence-corrected chi connectivity index (χ1v) is 6.73. The van der Waals surface area contributed by atoms with E-state index in [9.17, 15) is 0 Å². The third-order valence-electron chi connectivity index (χ3n) is 3.88. The van der Waals surface area contributed by atoms with Crippen molar-refractivity contribution in [1.82, 2.24) is 4.90 Å². The Bertz CT molecular complexity index is 469. The molecule has 0 bridgehead atoms. The molecule has 0 spiro atoms. The molecule has 0 amide bonds. The van der Waals surface area contributed by atoms with Gasteiger partial charge in [0.05, 0.1) is 11.6 Å². The van der Waals surface area contributed by atoms with Crippen LogP contribution in [-0.2, 0) is 0 Å². The van der Waals surface area contributed by atoms with Crippen LogP contribution >= 0.6 is 0 Å². The van der Waals surface area contributed by atoms with Gasteiger partial charge in [0.1, 0.15) is 0 Å². The average molecular weight is 259 g/mol. The standard InChI is InChI=1S/C15H21N3O/c1-12-10-17(2)15(6-7-19)11-18(12)14-5-3-4-13(8-14)9-16/h3-5,8,12,15,19H,6-7,10-11H2,1-2H3. The van der Waals surface area contributed by atoms with Gasteiger partial charge in [0, 0.05) is 37.5 Å². The van der Waals surface area contributed by atoms with E-state index in [4.69, 9.17) is 10.4 Å². The summed E-state index contributed by atoms with van der Waals surface area (Å²) in [6.45, 7) is 4.29. The molecular weight excluding hydrogens is 238 g/mol. The first-order valence-electron chi connectivity index (χ1n) is 6.73. The summed E-state index contributed by atoms with van der Waals surface area (Å²) in [5, 5.41) is 18.1. The second kappa shape index (κ2) is 6.05. The quantitative estimate of drug-likeness (QED) is 0.892. The second-order valence-corrected chi connectivity index (χ2v) is 5.27. The van der Waals surface area contributed by atoms with Crippen LogP contribution in [0.15, 0.2) is 24.3 Å². The SMILES string of the molecule is CC1CN(C)C(CCO)CN1c1cccc(C#N)c1. The largest absolute Gasteiger partial charge is 0.396 e. The minimum Gasteiger partial charge on any atom is -0.396 e. The van der Waals surface area contributed by atoms with E-state index >= 15 is 0 Å². The number of nitriles is 1.